The Kier molecular flexibility index (Phi) is 5.14. The molecule has 1 aliphatic heterocycles. The molecule has 2 aromatic rings. The van der Waals surface area contributed by atoms with Crippen LogP contribution in [-0.4, -0.2) is 53.1 Å². The fourth-order valence-corrected chi connectivity index (χ4v) is 3.79. The van der Waals surface area contributed by atoms with Gasteiger partial charge in [0.2, 0.25) is 11.9 Å². The number of halogens is 3. The number of nitrogens with zero attached hydrogens (tertiary/aromatic N) is 5. The highest BCUT2D eigenvalue weighted by Gasteiger charge is 2.37. The number of alkyl halides is 3. The Labute approximate surface area is 177 Å². The van der Waals surface area contributed by atoms with Crippen LogP contribution >= 0.6 is 0 Å². The Morgan fingerprint density at radius 2 is 1.94 bits per heavy atom. The van der Waals surface area contributed by atoms with E-state index in [1.165, 1.54) is 6.07 Å². The average Bonchev–Trinajstić information content (AvgIpc) is 2.68. The third-order valence-corrected chi connectivity index (χ3v) is 5.73. The summed E-state index contributed by atoms with van der Waals surface area (Å²) in [5, 5.41) is 3.26. The maximum absolute atomic E-state index is 12.8. The SMILES string of the molecule is Cc1nc(NC2CC(Oc3ccnc(C(F)(F)F)c3)C2)nc2c1N(C)C(=O)[C@H](C)N2C. The van der Waals surface area contributed by atoms with Crippen molar-refractivity contribution in [1.82, 2.24) is 15.0 Å². The number of aryl methyl sites for hydroxylation is 1. The number of fused-ring (bicyclic) bond motifs is 1. The molecule has 2 aliphatic rings. The Morgan fingerprint density at radius 3 is 2.61 bits per heavy atom. The first kappa shape index (κ1) is 21.1. The number of rotatable bonds is 4. The summed E-state index contributed by atoms with van der Waals surface area (Å²) in [6.45, 7) is 3.65. The van der Waals surface area contributed by atoms with Crippen LogP contribution in [0.15, 0.2) is 18.3 Å². The smallest absolute Gasteiger partial charge is 0.433 e. The van der Waals surface area contributed by atoms with Crippen molar-refractivity contribution in [1.29, 1.82) is 0 Å². The van der Waals surface area contributed by atoms with Crippen molar-refractivity contribution in [3.05, 3.63) is 29.7 Å². The van der Waals surface area contributed by atoms with Gasteiger partial charge < -0.3 is 19.9 Å². The van der Waals surface area contributed by atoms with Gasteiger partial charge in [0.05, 0.1) is 5.69 Å². The average molecular weight is 436 g/mol. The van der Waals surface area contributed by atoms with E-state index in [9.17, 15) is 18.0 Å². The lowest BCUT2D eigenvalue weighted by atomic mass is 9.89. The fourth-order valence-electron chi connectivity index (χ4n) is 3.79. The molecule has 8 nitrogen and oxygen atoms in total. The number of ether oxygens (including phenoxy) is 1. The third kappa shape index (κ3) is 3.96. The highest BCUT2D eigenvalue weighted by atomic mass is 19.4. The molecule has 1 amide bonds. The quantitative estimate of drug-likeness (QED) is 0.789. The molecule has 4 rings (SSSR count). The topological polar surface area (TPSA) is 83.5 Å². The Balaban J connectivity index is 1.40. The van der Waals surface area contributed by atoms with E-state index in [-0.39, 0.29) is 29.8 Å². The largest absolute Gasteiger partial charge is 0.490 e. The van der Waals surface area contributed by atoms with E-state index in [1.54, 1.807) is 11.9 Å². The minimum atomic E-state index is -4.51. The fraction of sp³-hybridized carbons (Fsp3) is 0.500. The summed E-state index contributed by atoms with van der Waals surface area (Å²) < 4.78 is 44.0. The molecule has 0 unspecified atom stereocenters. The summed E-state index contributed by atoms with van der Waals surface area (Å²) in [7, 11) is 3.53. The zero-order valence-corrected chi connectivity index (χ0v) is 17.6. The molecule has 0 bridgehead atoms. The molecule has 0 spiro atoms. The standard InChI is InChI=1S/C20H23F3N6O2/c1-10-16-17(28(3)11(2)18(30)29(16)4)27-19(25-10)26-12-7-14(8-12)31-13-5-6-24-15(9-13)20(21,22)23/h5-6,9,11-12,14H,7-8H2,1-4H3,(H,25,26,27)/t11-,12?,14?/m0/s1. The van der Waals surface area contributed by atoms with Gasteiger partial charge in [-0.05, 0) is 19.9 Å². The minimum absolute atomic E-state index is 0.0221. The molecule has 1 N–H and O–H groups in total. The number of carbonyl (C=O) groups excluding carboxylic acids is 1. The van der Waals surface area contributed by atoms with Crippen LogP contribution in [0.3, 0.4) is 0 Å². The van der Waals surface area contributed by atoms with E-state index < -0.39 is 11.9 Å². The number of hydrogen-bond acceptors (Lipinski definition) is 7. The van der Waals surface area contributed by atoms with E-state index in [2.05, 4.69) is 20.3 Å². The first-order valence-corrected chi connectivity index (χ1v) is 9.90. The van der Waals surface area contributed by atoms with Gasteiger partial charge in [-0.1, -0.05) is 0 Å². The summed E-state index contributed by atoms with van der Waals surface area (Å²) in [6.07, 6.45) is -2.41. The van der Waals surface area contributed by atoms with Crippen molar-refractivity contribution in [3.8, 4) is 5.75 Å². The van der Waals surface area contributed by atoms with Crippen LogP contribution in [0.4, 0.5) is 30.6 Å². The molecule has 0 aromatic carbocycles. The molecule has 2 aromatic heterocycles. The van der Waals surface area contributed by atoms with Crippen molar-refractivity contribution < 1.29 is 22.7 Å². The van der Waals surface area contributed by atoms with E-state index in [0.29, 0.717) is 36.0 Å². The molecule has 1 saturated carbocycles. The van der Waals surface area contributed by atoms with Crippen molar-refractivity contribution >= 4 is 23.4 Å². The number of carbonyl (C=O) groups is 1. The van der Waals surface area contributed by atoms with Crippen molar-refractivity contribution in [2.45, 2.75) is 51.1 Å². The highest BCUT2D eigenvalue weighted by Crippen LogP contribution is 2.37. The second-order valence-electron chi connectivity index (χ2n) is 7.92. The Bertz CT molecular complexity index is 1010. The summed E-state index contributed by atoms with van der Waals surface area (Å²) in [4.78, 5) is 28.2. The number of pyridine rings is 1. The van der Waals surface area contributed by atoms with E-state index in [0.717, 1.165) is 12.3 Å². The lowest BCUT2D eigenvalue weighted by molar-refractivity contribution is -0.141. The molecule has 1 aliphatic carbocycles. The molecule has 1 atom stereocenters. The minimum Gasteiger partial charge on any atom is -0.490 e. The number of hydrogen-bond donors (Lipinski definition) is 1. The van der Waals surface area contributed by atoms with Crippen LogP contribution < -0.4 is 19.9 Å². The predicted molar refractivity (Wildman–Crippen MR) is 108 cm³/mol. The first-order chi connectivity index (χ1) is 14.5. The summed E-state index contributed by atoms with van der Waals surface area (Å²) in [6, 6.07) is 2.03. The zero-order valence-electron chi connectivity index (χ0n) is 17.6. The van der Waals surface area contributed by atoms with Gasteiger partial charge in [0.15, 0.2) is 5.82 Å². The normalized spacial score (nSPS) is 23.3. The van der Waals surface area contributed by atoms with Crippen molar-refractivity contribution in [2.75, 3.05) is 29.2 Å². The van der Waals surface area contributed by atoms with Crippen LogP contribution in [-0.2, 0) is 11.0 Å². The van der Waals surface area contributed by atoms with Gasteiger partial charge in [-0.25, -0.2) is 4.98 Å². The second-order valence-corrected chi connectivity index (χ2v) is 7.92. The Hall–Kier alpha value is -3.11. The Morgan fingerprint density at radius 1 is 1.23 bits per heavy atom. The molecule has 11 heteroatoms. The maximum atomic E-state index is 12.8. The molecule has 1 fully saturated rings. The van der Waals surface area contributed by atoms with Crippen LogP contribution in [0.1, 0.15) is 31.2 Å². The van der Waals surface area contributed by atoms with Gasteiger partial charge in [0.25, 0.3) is 0 Å². The van der Waals surface area contributed by atoms with Gasteiger partial charge in [-0.15, -0.1) is 0 Å². The number of likely N-dealkylation sites (N-methyl/N-ethyl adjacent to an activating group) is 2. The van der Waals surface area contributed by atoms with Crippen molar-refractivity contribution in [3.63, 3.8) is 0 Å². The summed E-state index contributed by atoms with van der Waals surface area (Å²) in [5.41, 5.74) is 0.397. The number of nitrogens with one attached hydrogen (secondary N) is 1. The van der Waals surface area contributed by atoms with Crippen LogP contribution in [0, 0.1) is 6.92 Å². The summed E-state index contributed by atoms with van der Waals surface area (Å²) in [5.74, 6) is 1.25. The molecule has 31 heavy (non-hydrogen) atoms. The van der Waals surface area contributed by atoms with Gasteiger partial charge in [-0.3, -0.25) is 9.78 Å². The summed E-state index contributed by atoms with van der Waals surface area (Å²) >= 11 is 0. The third-order valence-electron chi connectivity index (χ3n) is 5.73. The van der Waals surface area contributed by atoms with E-state index in [1.807, 2.05) is 25.8 Å². The van der Waals surface area contributed by atoms with E-state index in [4.69, 9.17) is 4.74 Å². The van der Waals surface area contributed by atoms with Crippen LogP contribution in [0.25, 0.3) is 0 Å². The number of anilines is 3. The highest BCUT2D eigenvalue weighted by molar-refractivity contribution is 6.04. The molecule has 0 radical (unpaired) electrons. The van der Waals surface area contributed by atoms with Gasteiger partial charge in [-0.2, -0.15) is 18.2 Å². The first-order valence-electron chi connectivity index (χ1n) is 9.90. The molecule has 3 heterocycles. The van der Waals surface area contributed by atoms with Gasteiger partial charge >= 0.3 is 6.18 Å². The zero-order chi connectivity index (χ0) is 22.5. The molecule has 0 saturated heterocycles. The lowest BCUT2D eigenvalue weighted by Gasteiger charge is -2.38. The van der Waals surface area contributed by atoms with Gasteiger partial charge in [0.1, 0.15) is 29.3 Å². The monoisotopic (exact) mass is 436 g/mol. The molecular formula is C20H23F3N6O2. The molecular weight excluding hydrogens is 413 g/mol. The predicted octanol–water partition coefficient (Wildman–Crippen LogP) is 3.02. The number of aromatic nitrogens is 3. The van der Waals surface area contributed by atoms with Crippen molar-refractivity contribution in [2.24, 2.45) is 0 Å². The lowest BCUT2D eigenvalue weighted by Crippen LogP contribution is -2.50. The molecule has 166 valence electrons. The van der Waals surface area contributed by atoms with Gasteiger partial charge in [0, 0.05) is 45.2 Å². The van der Waals surface area contributed by atoms with E-state index >= 15 is 0 Å². The maximum Gasteiger partial charge on any atom is 0.433 e. The van der Waals surface area contributed by atoms with Crippen LogP contribution in [0.5, 0.6) is 5.75 Å². The second kappa shape index (κ2) is 7.54. The van der Waals surface area contributed by atoms with Crippen LogP contribution in [0.2, 0.25) is 0 Å². The number of amides is 1.